The van der Waals surface area contributed by atoms with Crippen molar-refractivity contribution in [1.82, 2.24) is 5.32 Å². The molecule has 0 unspecified atom stereocenters. The number of benzene rings is 1. The Hall–Kier alpha value is -1.02. The van der Waals surface area contributed by atoms with Crippen LogP contribution in [0.15, 0.2) is 18.2 Å². The third-order valence-corrected chi connectivity index (χ3v) is 2.79. The summed E-state index contributed by atoms with van der Waals surface area (Å²) in [5, 5.41) is 3.36. The van der Waals surface area contributed by atoms with E-state index in [2.05, 4.69) is 65.1 Å². The Morgan fingerprint density at radius 1 is 1.22 bits per heavy atom. The number of rotatable bonds is 5. The molecule has 0 aliphatic heterocycles. The van der Waals surface area contributed by atoms with Crippen LogP contribution in [0.25, 0.3) is 0 Å². The molecular formula is C16H27NO. The van der Waals surface area contributed by atoms with Crippen LogP contribution < -0.4 is 10.1 Å². The Morgan fingerprint density at radius 2 is 1.89 bits per heavy atom. The molecule has 0 saturated carbocycles. The molecule has 0 bridgehead atoms. The van der Waals surface area contributed by atoms with E-state index >= 15 is 0 Å². The van der Waals surface area contributed by atoms with Crippen molar-refractivity contribution in [1.29, 1.82) is 0 Å². The molecule has 1 aromatic rings. The lowest BCUT2D eigenvalue weighted by molar-refractivity contribution is 0.236. The summed E-state index contributed by atoms with van der Waals surface area (Å²) in [6, 6.07) is 6.52. The molecule has 0 aliphatic rings. The summed E-state index contributed by atoms with van der Waals surface area (Å²) >= 11 is 0. The Kier molecular flexibility index (Phi) is 5.21. The molecule has 1 aromatic carbocycles. The molecule has 2 nitrogen and oxygen atoms in total. The summed E-state index contributed by atoms with van der Waals surface area (Å²) in [4.78, 5) is 0. The van der Waals surface area contributed by atoms with Gasteiger partial charge in [0.05, 0.1) is 6.10 Å². The van der Waals surface area contributed by atoms with Gasteiger partial charge in [-0.2, -0.15) is 0 Å². The molecule has 18 heavy (non-hydrogen) atoms. The summed E-state index contributed by atoms with van der Waals surface area (Å²) in [7, 11) is 0. The van der Waals surface area contributed by atoms with E-state index in [1.165, 1.54) is 11.1 Å². The van der Waals surface area contributed by atoms with Gasteiger partial charge in [-0.15, -0.1) is 0 Å². The van der Waals surface area contributed by atoms with Gasteiger partial charge in [-0.25, -0.2) is 0 Å². The summed E-state index contributed by atoms with van der Waals surface area (Å²) < 4.78 is 5.91. The maximum atomic E-state index is 5.91. The summed E-state index contributed by atoms with van der Waals surface area (Å²) in [5.41, 5.74) is 2.70. The van der Waals surface area contributed by atoms with Crippen molar-refractivity contribution in [2.75, 3.05) is 6.54 Å². The van der Waals surface area contributed by atoms with Gasteiger partial charge in [0.2, 0.25) is 0 Å². The molecule has 0 radical (unpaired) electrons. The standard InChI is InChI=1S/C16H27NO/c1-7-17-11-13-8-9-15(18-12(2)3)14(10-13)16(4,5)6/h8-10,12,17H,7,11H2,1-6H3. The van der Waals surface area contributed by atoms with E-state index in [1.54, 1.807) is 0 Å². The van der Waals surface area contributed by atoms with Gasteiger partial charge < -0.3 is 10.1 Å². The van der Waals surface area contributed by atoms with Gasteiger partial charge in [-0.05, 0) is 43.0 Å². The molecule has 102 valence electrons. The van der Waals surface area contributed by atoms with E-state index in [0.717, 1.165) is 18.8 Å². The average Bonchev–Trinajstić information content (AvgIpc) is 2.25. The fourth-order valence-electron chi connectivity index (χ4n) is 1.90. The molecule has 2 heteroatoms. The zero-order valence-electron chi connectivity index (χ0n) is 12.6. The van der Waals surface area contributed by atoms with Gasteiger partial charge in [-0.3, -0.25) is 0 Å². The van der Waals surface area contributed by atoms with Crippen LogP contribution in [0, 0.1) is 0 Å². The van der Waals surface area contributed by atoms with Crippen molar-refractivity contribution in [2.45, 2.75) is 59.6 Å². The van der Waals surface area contributed by atoms with Crippen LogP contribution in [0.4, 0.5) is 0 Å². The zero-order valence-corrected chi connectivity index (χ0v) is 12.6. The zero-order chi connectivity index (χ0) is 13.8. The van der Waals surface area contributed by atoms with Gasteiger partial charge in [-0.1, -0.05) is 39.8 Å². The van der Waals surface area contributed by atoms with Crippen LogP contribution in [0.1, 0.15) is 52.7 Å². The molecule has 0 fully saturated rings. The summed E-state index contributed by atoms with van der Waals surface area (Å²) in [5.74, 6) is 1.01. The van der Waals surface area contributed by atoms with Crippen molar-refractivity contribution in [2.24, 2.45) is 0 Å². The topological polar surface area (TPSA) is 21.3 Å². The second kappa shape index (κ2) is 6.24. The second-order valence-corrected chi connectivity index (χ2v) is 6.03. The van der Waals surface area contributed by atoms with Crippen LogP contribution in [0.5, 0.6) is 5.75 Å². The monoisotopic (exact) mass is 249 g/mol. The molecule has 1 rings (SSSR count). The first-order valence-electron chi connectivity index (χ1n) is 6.85. The van der Waals surface area contributed by atoms with Gasteiger partial charge in [0, 0.05) is 6.54 Å². The van der Waals surface area contributed by atoms with Crippen LogP contribution in [0.2, 0.25) is 0 Å². The maximum absolute atomic E-state index is 5.91. The number of hydrogen-bond acceptors (Lipinski definition) is 2. The lowest BCUT2D eigenvalue weighted by atomic mass is 9.85. The smallest absolute Gasteiger partial charge is 0.123 e. The molecule has 0 aliphatic carbocycles. The van der Waals surface area contributed by atoms with Gasteiger partial charge in [0.25, 0.3) is 0 Å². The fraction of sp³-hybridized carbons (Fsp3) is 0.625. The highest BCUT2D eigenvalue weighted by molar-refractivity contribution is 5.41. The summed E-state index contributed by atoms with van der Waals surface area (Å²) in [6.07, 6.45) is 0.214. The molecule has 0 spiro atoms. The van der Waals surface area contributed by atoms with Crippen molar-refractivity contribution < 1.29 is 4.74 Å². The van der Waals surface area contributed by atoms with Crippen LogP contribution in [-0.2, 0) is 12.0 Å². The molecule has 0 aromatic heterocycles. The quantitative estimate of drug-likeness (QED) is 0.855. The van der Waals surface area contributed by atoms with Gasteiger partial charge in [0.1, 0.15) is 5.75 Å². The first-order chi connectivity index (χ1) is 8.34. The highest BCUT2D eigenvalue weighted by Gasteiger charge is 2.20. The Morgan fingerprint density at radius 3 is 2.39 bits per heavy atom. The van der Waals surface area contributed by atoms with Crippen LogP contribution >= 0.6 is 0 Å². The third-order valence-electron chi connectivity index (χ3n) is 2.79. The van der Waals surface area contributed by atoms with E-state index in [4.69, 9.17) is 4.74 Å². The Bertz CT molecular complexity index is 377. The average molecular weight is 249 g/mol. The minimum atomic E-state index is 0.104. The molecular weight excluding hydrogens is 222 g/mol. The molecule has 0 amide bonds. The van der Waals surface area contributed by atoms with Crippen molar-refractivity contribution in [3.63, 3.8) is 0 Å². The van der Waals surface area contributed by atoms with Crippen molar-refractivity contribution in [3.05, 3.63) is 29.3 Å². The highest BCUT2D eigenvalue weighted by Crippen LogP contribution is 2.32. The van der Waals surface area contributed by atoms with Crippen molar-refractivity contribution in [3.8, 4) is 5.75 Å². The minimum Gasteiger partial charge on any atom is -0.491 e. The predicted octanol–water partition coefficient (Wildman–Crippen LogP) is 3.88. The summed E-state index contributed by atoms with van der Waals surface area (Å²) in [6.45, 7) is 14.9. The highest BCUT2D eigenvalue weighted by atomic mass is 16.5. The van der Waals surface area contributed by atoms with E-state index in [0.29, 0.717) is 0 Å². The predicted molar refractivity (Wildman–Crippen MR) is 78.3 cm³/mol. The second-order valence-electron chi connectivity index (χ2n) is 6.03. The number of hydrogen-bond donors (Lipinski definition) is 1. The van der Waals surface area contributed by atoms with Crippen molar-refractivity contribution >= 4 is 0 Å². The normalized spacial score (nSPS) is 11.9. The van der Waals surface area contributed by atoms with E-state index < -0.39 is 0 Å². The maximum Gasteiger partial charge on any atom is 0.123 e. The molecule has 1 N–H and O–H groups in total. The van der Waals surface area contributed by atoms with Crippen LogP contribution in [-0.4, -0.2) is 12.6 Å². The number of nitrogens with one attached hydrogen (secondary N) is 1. The number of ether oxygens (including phenoxy) is 1. The lowest BCUT2D eigenvalue weighted by Gasteiger charge is -2.25. The van der Waals surface area contributed by atoms with E-state index in [1.807, 2.05) is 0 Å². The van der Waals surface area contributed by atoms with Gasteiger partial charge >= 0.3 is 0 Å². The van der Waals surface area contributed by atoms with Gasteiger partial charge in [0.15, 0.2) is 0 Å². The van der Waals surface area contributed by atoms with E-state index in [-0.39, 0.29) is 11.5 Å². The molecule has 0 saturated heterocycles. The van der Waals surface area contributed by atoms with E-state index in [9.17, 15) is 0 Å². The van der Waals surface area contributed by atoms with Crippen LogP contribution in [0.3, 0.4) is 0 Å². The molecule has 0 heterocycles. The first kappa shape index (κ1) is 15.0. The SMILES string of the molecule is CCNCc1ccc(OC(C)C)c(C(C)(C)C)c1. The lowest BCUT2D eigenvalue weighted by Crippen LogP contribution is -2.18. The largest absolute Gasteiger partial charge is 0.491 e. The minimum absolute atomic E-state index is 0.104. The fourth-order valence-corrected chi connectivity index (χ4v) is 1.90. The molecule has 0 atom stereocenters. The third kappa shape index (κ3) is 4.34. The first-order valence-corrected chi connectivity index (χ1v) is 6.85. The Labute approximate surface area is 112 Å². The Balaban J connectivity index is 3.05.